The fraction of sp³-hybridized carbons (Fsp3) is 0.0625. The number of para-hydroxylation sites is 1. The Morgan fingerprint density at radius 2 is 2.00 bits per heavy atom. The molecule has 0 aliphatic carbocycles. The molecule has 1 amide bonds. The lowest BCUT2D eigenvalue weighted by Crippen LogP contribution is -2.22. The summed E-state index contributed by atoms with van der Waals surface area (Å²) >= 11 is 0. The minimum Gasteiger partial charge on any atom is -0.507 e. The van der Waals surface area contributed by atoms with Crippen molar-refractivity contribution >= 4 is 5.91 Å². The quantitative estimate of drug-likeness (QED) is 0.771. The van der Waals surface area contributed by atoms with Crippen LogP contribution in [0, 0.1) is 0 Å². The number of carbonyl (C=O) groups excluding carboxylic acids is 1. The Hall–Kier alpha value is -3.15. The summed E-state index contributed by atoms with van der Waals surface area (Å²) in [7, 11) is 0. The van der Waals surface area contributed by atoms with Crippen molar-refractivity contribution in [3.05, 3.63) is 66.2 Å². The van der Waals surface area contributed by atoms with Crippen molar-refractivity contribution in [2.75, 3.05) is 0 Å². The van der Waals surface area contributed by atoms with Crippen LogP contribution in [0.2, 0.25) is 0 Å². The zero-order valence-corrected chi connectivity index (χ0v) is 11.6. The number of amides is 1. The third-order valence-corrected chi connectivity index (χ3v) is 3.07. The second-order valence-corrected chi connectivity index (χ2v) is 4.60. The number of nitrogens with one attached hydrogen (secondary N) is 1. The molecular formula is C16H13N3O3. The first kappa shape index (κ1) is 13.8. The van der Waals surface area contributed by atoms with E-state index in [1.807, 2.05) is 12.1 Å². The van der Waals surface area contributed by atoms with Gasteiger partial charge in [0.1, 0.15) is 11.4 Å². The molecule has 22 heavy (non-hydrogen) atoms. The Morgan fingerprint density at radius 3 is 2.77 bits per heavy atom. The van der Waals surface area contributed by atoms with Gasteiger partial charge in [0, 0.05) is 17.8 Å². The highest BCUT2D eigenvalue weighted by atomic mass is 16.5. The first-order valence-corrected chi connectivity index (χ1v) is 6.67. The van der Waals surface area contributed by atoms with Gasteiger partial charge in [0.2, 0.25) is 5.76 Å². The normalized spacial score (nSPS) is 10.4. The Morgan fingerprint density at radius 1 is 1.18 bits per heavy atom. The summed E-state index contributed by atoms with van der Waals surface area (Å²) in [6, 6.07) is 13.7. The predicted octanol–water partition coefficient (Wildman–Crippen LogP) is 2.37. The van der Waals surface area contributed by atoms with E-state index in [1.54, 1.807) is 36.5 Å². The lowest BCUT2D eigenvalue weighted by Gasteiger charge is -2.01. The van der Waals surface area contributed by atoms with Gasteiger partial charge in [-0.1, -0.05) is 23.4 Å². The zero-order valence-electron chi connectivity index (χ0n) is 11.6. The molecule has 0 radical (unpaired) electrons. The number of carbonyl (C=O) groups is 1. The maximum atomic E-state index is 12.0. The van der Waals surface area contributed by atoms with Gasteiger partial charge >= 0.3 is 0 Å². The van der Waals surface area contributed by atoms with E-state index in [9.17, 15) is 9.90 Å². The summed E-state index contributed by atoms with van der Waals surface area (Å²) in [5.41, 5.74) is 1.66. The molecular weight excluding hydrogens is 282 g/mol. The molecule has 0 bridgehead atoms. The maximum absolute atomic E-state index is 12.0. The molecule has 6 heteroatoms. The number of benzene rings is 1. The van der Waals surface area contributed by atoms with Crippen LogP contribution in [-0.2, 0) is 6.54 Å². The van der Waals surface area contributed by atoms with Crippen molar-refractivity contribution in [3.63, 3.8) is 0 Å². The Labute approximate surface area is 126 Å². The van der Waals surface area contributed by atoms with Crippen molar-refractivity contribution in [3.8, 4) is 17.0 Å². The maximum Gasteiger partial charge on any atom is 0.290 e. The molecule has 0 spiro atoms. The molecule has 0 unspecified atom stereocenters. The first-order chi connectivity index (χ1) is 10.7. The Balaban J connectivity index is 1.71. The van der Waals surface area contributed by atoms with E-state index < -0.39 is 0 Å². The summed E-state index contributed by atoms with van der Waals surface area (Å²) in [6.45, 7) is 0.298. The summed E-state index contributed by atoms with van der Waals surface area (Å²) in [6.07, 6.45) is 1.66. The van der Waals surface area contributed by atoms with Crippen molar-refractivity contribution in [1.29, 1.82) is 0 Å². The molecule has 1 aromatic carbocycles. The van der Waals surface area contributed by atoms with E-state index in [-0.39, 0.29) is 17.4 Å². The van der Waals surface area contributed by atoms with Gasteiger partial charge < -0.3 is 14.9 Å². The largest absolute Gasteiger partial charge is 0.507 e. The van der Waals surface area contributed by atoms with Crippen molar-refractivity contribution in [2.24, 2.45) is 0 Å². The van der Waals surface area contributed by atoms with Gasteiger partial charge in [0.15, 0.2) is 0 Å². The molecule has 0 aliphatic rings. The summed E-state index contributed by atoms with van der Waals surface area (Å²) in [5.74, 6) is -0.231. The van der Waals surface area contributed by atoms with Crippen LogP contribution in [0.3, 0.4) is 0 Å². The van der Waals surface area contributed by atoms with Crippen LogP contribution >= 0.6 is 0 Å². The average molecular weight is 295 g/mol. The van der Waals surface area contributed by atoms with Crippen LogP contribution in [0.15, 0.2) is 59.3 Å². The number of phenols is 1. The highest BCUT2D eigenvalue weighted by Crippen LogP contribution is 2.27. The number of phenolic OH excluding ortho intramolecular Hbond substituents is 1. The third-order valence-electron chi connectivity index (χ3n) is 3.07. The molecule has 0 fully saturated rings. The molecule has 2 N–H and O–H groups in total. The first-order valence-electron chi connectivity index (χ1n) is 6.67. The van der Waals surface area contributed by atoms with Crippen LogP contribution < -0.4 is 5.32 Å². The van der Waals surface area contributed by atoms with Gasteiger partial charge in [-0.25, -0.2) is 0 Å². The molecule has 6 nitrogen and oxygen atoms in total. The van der Waals surface area contributed by atoms with Gasteiger partial charge in [0.05, 0.1) is 12.2 Å². The highest BCUT2D eigenvalue weighted by Gasteiger charge is 2.15. The second-order valence-electron chi connectivity index (χ2n) is 4.60. The molecule has 2 heterocycles. The molecule has 0 saturated carbocycles. The summed E-state index contributed by atoms with van der Waals surface area (Å²) in [4.78, 5) is 16.1. The molecule has 0 atom stereocenters. The third kappa shape index (κ3) is 2.95. The fourth-order valence-electron chi connectivity index (χ4n) is 1.96. The molecule has 0 saturated heterocycles. The van der Waals surface area contributed by atoms with E-state index in [1.165, 1.54) is 6.07 Å². The fourth-order valence-corrected chi connectivity index (χ4v) is 1.96. The Kier molecular flexibility index (Phi) is 3.82. The van der Waals surface area contributed by atoms with E-state index in [4.69, 9.17) is 4.52 Å². The van der Waals surface area contributed by atoms with Crippen LogP contribution in [-0.4, -0.2) is 21.2 Å². The summed E-state index contributed by atoms with van der Waals surface area (Å²) < 4.78 is 5.03. The van der Waals surface area contributed by atoms with E-state index >= 15 is 0 Å². The van der Waals surface area contributed by atoms with Gasteiger partial charge in [-0.3, -0.25) is 9.78 Å². The van der Waals surface area contributed by atoms with Crippen molar-refractivity contribution in [2.45, 2.75) is 6.54 Å². The lowest BCUT2D eigenvalue weighted by molar-refractivity contribution is 0.0913. The van der Waals surface area contributed by atoms with Crippen LogP contribution in [0.5, 0.6) is 5.75 Å². The number of aromatic nitrogens is 2. The van der Waals surface area contributed by atoms with Crippen LogP contribution in [0.4, 0.5) is 0 Å². The number of rotatable bonds is 4. The average Bonchev–Trinajstić information content (AvgIpc) is 3.04. The van der Waals surface area contributed by atoms with Crippen LogP contribution in [0.1, 0.15) is 16.2 Å². The van der Waals surface area contributed by atoms with E-state index in [0.29, 0.717) is 17.8 Å². The Bertz CT molecular complexity index is 784. The van der Waals surface area contributed by atoms with Crippen molar-refractivity contribution < 1.29 is 14.4 Å². The smallest absolute Gasteiger partial charge is 0.290 e. The molecule has 3 aromatic rings. The standard InChI is InChI=1S/C16H13N3O3/c20-14-7-2-1-6-12(14)13-9-15(22-19-13)16(21)18-10-11-5-3-4-8-17-11/h1-9,20H,10H2,(H,18,21). The monoisotopic (exact) mass is 295 g/mol. The number of hydrogen-bond acceptors (Lipinski definition) is 5. The van der Waals surface area contributed by atoms with Gasteiger partial charge in [-0.2, -0.15) is 0 Å². The second kappa shape index (κ2) is 6.09. The number of hydrogen-bond donors (Lipinski definition) is 2. The zero-order chi connectivity index (χ0) is 15.4. The minimum atomic E-state index is -0.389. The van der Waals surface area contributed by atoms with Gasteiger partial charge in [-0.15, -0.1) is 0 Å². The number of nitrogens with zero attached hydrogens (tertiary/aromatic N) is 2. The predicted molar refractivity (Wildman–Crippen MR) is 79.0 cm³/mol. The summed E-state index contributed by atoms with van der Waals surface area (Å²) in [5, 5.41) is 16.3. The topological polar surface area (TPSA) is 88.2 Å². The molecule has 0 aliphatic heterocycles. The minimum absolute atomic E-state index is 0.0779. The molecule has 2 aromatic heterocycles. The lowest BCUT2D eigenvalue weighted by atomic mass is 10.1. The molecule has 110 valence electrons. The van der Waals surface area contributed by atoms with E-state index in [2.05, 4.69) is 15.5 Å². The highest BCUT2D eigenvalue weighted by molar-refractivity contribution is 5.92. The van der Waals surface area contributed by atoms with Gasteiger partial charge in [-0.05, 0) is 24.3 Å². The number of pyridine rings is 1. The molecule has 3 rings (SSSR count). The van der Waals surface area contributed by atoms with Crippen molar-refractivity contribution in [1.82, 2.24) is 15.5 Å². The van der Waals surface area contributed by atoms with Crippen LogP contribution in [0.25, 0.3) is 11.3 Å². The van der Waals surface area contributed by atoms with E-state index in [0.717, 1.165) is 5.69 Å². The number of aromatic hydroxyl groups is 1. The SMILES string of the molecule is O=C(NCc1ccccn1)c1cc(-c2ccccc2O)no1. The van der Waals surface area contributed by atoms with Gasteiger partial charge in [0.25, 0.3) is 5.91 Å².